The molecule has 0 N–H and O–H groups in total. The van der Waals surface area contributed by atoms with Gasteiger partial charge in [0.05, 0.1) is 19.6 Å². The average molecular weight is 376 g/mol. The number of carbonyl (C=O) groups excluding carboxylic acids is 2. The molecule has 0 unspecified atom stereocenters. The van der Waals surface area contributed by atoms with Crippen LogP contribution in [0.25, 0.3) is 0 Å². The van der Waals surface area contributed by atoms with Crippen LogP contribution in [0.4, 0.5) is 0 Å². The third kappa shape index (κ3) is 6.24. The van der Waals surface area contributed by atoms with Crippen LogP contribution in [0.3, 0.4) is 0 Å². The molecule has 6 heteroatoms. The number of carbonyl (C=O) groups is 2. The van der Waals surface area contributed by atoms with Crippen molar-refractivity contribution in [3.63, 3.8) is 0 Å². The molecular weight excluding hydrogens is 342 g/mol. The van der Waals surface area contributed by atoms with Gasteiger partial charge in [0.2, 0.25) is 11.8 Å². The first kappa shape index (κ1) is 21.2. The van der Waals surface area contributed by atoms with E-state index < -0.39 is 0 Å². The van der Waals surface area contributed by atoms with E-state index >= 15 is 0 Å². The van der Waals surface area contributed by atoms with Crippen LogP contribution in [-0.4, -0.2) is 78.9 Å². The number of amides is 2. The number of aryl methyl sites for hydroxylation is 2. The number of hydrogen-bond donors (Lipinski definition) is 0. The molecule has 1 fully saturated rings. The molecule has 0 aliphatic carbocycles. The first-order valence-corrected chi connectivity index (χ1v) is 9.92. The molecule has 0 aromatic heterocycles. The number of benzene rings is 1. The Kier molecular flexibility index (Phi) is 8.10. The molecule has 0 bridgehead atoms. The summed E-state index contributed by atoms with van der Waals surface area (Å²) in [5.74, 6) is 1.13. The van der Waals surface area contributed by atoms with Gasteiger partial charge in [0.25, 0.3) is 0 Å². The molecule has 0 radical (unpaired) electrons. The van der Waals surface area contributed by atoms with E-state index in [2.05, 4.69) is 17.9 Å². The summed E-state index contributed by atoms with van der Waals surface area (Å²) in [6.45, 7) is 13.2. The first-order valence-electron chi connectivity index (χ1n) is 9.92. The van der Waals surface area contributed by atoms with Crippen molar-refractivity contribution < 1.29 is 14.3 Å². The van der Waals surface area contributed by atoms with Gasteiger partial charge in [0, 0.05) is 39.3 Å². The minimum Gasteiger partial charge on any atom is -0.493 e. The molecule has 1 aromatic carbocycles. The minimum atomic E-state index is 0.120. The van der Waals surface area contributed by atoms with Crippen molar-refractivity contribution in [2.75, 3.05) is 52.4 Å². The number of piperazine rings is 1. The number of rotatable bonds is 8. The molecule has 1 heterocycles. The molecule has 2 amide bonds. The fourth-order valence-electron chi connectivity index (χ4n) is 3.39. The van der Waals surface area contributed by atoms with Crippen LogP contribution in [0.2, 0.25) is 0 Å². The molecule has 150 valence electrons. The molecule has 1 aromatic rings. The Morgan fingerprint density at radius 2 is 1.74 bits per heavy atom. The third-order valence-corrected chi connectivity index (χ3v) is 5.10. The smallest absolute Gasteiger partial charge is 0.236 e. The van der Waals surface area contributed by atoms with Crippen molar-refractivity contribution in [3.8, 4) is 5.75 Å². The second-order valence-corrected chi connectivity index (χ2v) is 7.09. The van der Waals surface area contributed by atoms with Crippen LogP contribution in [0.5, 0.6) is 5.75 Å². The SMILES string of the molecule is CCN(CC)C(=O)CN1CCN(C(=O)CCOc2ccc(C)cc2C)CC1. The highest BCUT2D eigenvalue weighted by atomic mass is 16.5. The lowest BCUT2D eigenvalue weighted by Crippen LogP contribution is -2.51. The van der Waals surface area contributed by atoms with Crippen molar-refractivity contribution in [3.05, 3.63) is 29.3 Å². The predicted octanol–water partition coefficient (Wildman–Crippen LogP) is 2.08. The first-order chi connectivity index (χ1) is 12.9. The molecule has 6 nitrogen and oxygen atoms in total. The Hall–Kier alpha value is -2.08. The summed E-state index contributed by atoms with van der Waals surface area (Å²) in [7, 11) is 0. The second-order valence-electron chi connectivity index (χ2n) is 7.09. The highest BCUT2D eigenvalue weighted by Gasteiger charge is 2.23. The van der Waals surface area contributed by atoms with Crippen LogP contribution in [-0.2, 0) is 9.59 Å². The maximum atomic E-state index is 12.4. The fraction of sp³-hybridized carbons (Fsp3) is 0.619. The van der Waals surface area contributed by atoms with Crippen LogP contribution in [0, 0.1) is 13.8 Å². The molecule has 0 saturated carbocycles. The summed E-state index contributed by atoms with van der Waals surface area (Å²) in [6.07, 6.45) is 0.381. The zero-order valence-corrected chi connectivity index (χ0v) is 17.2. The quantitative estimate of drug-likeness (QED) is 0.698. The Morgan fingerprint density at radius 3 is 2.33 bits per heavy atom. The van der Waals surface area contributed by atoms with Gasteiger partial charge in [-0.3, -0.25) is 14.5 Å². The van der Waals surface area contributed by atoms with Gasteiger partial charge in [0.1, 0.15) is 5.75 Å². The zero-order valence-electron chi connectivity index (χ0n) is 17.2. The maximum absolute atomic E-state index is 12.4. The molecule has 27 heavy (non-hydrogen) atoms. The molecule has 0 atom stereocenters. The third-order valence-electron chi connectivity index (χ3n) is 5.10. The average Bonchev–Trinajstić information content (AvgIpc) is 2.65. The van der Waals surface area contributed by atoms with E-state index in [1.165, 1.54) is 5.56 Å². The molecule has 1 aliphatic rings. The highest BCUT2D eigenvalue weighted by Crippen LogP contribution is 2.19. The Morgan fingerprint density at radius 1 is 1.07 bits per heavy atom. The zero-order chi connectivity index (χ0) is 19.8. The lowest BCUT2D eigenvalue weighted by Gasteiger charge is -2.35. The van der Waals surface area contributed by atoms with Gasteiger partial charge in [-0.05, 0) is 39.3 Å². The van der Waals surface area contributed by atoms with Crippen LogP contribution in [0.15, 0.2) is 18.2 Å². The highest BCUT2D eigenvalue weighted by molar-refractivity contribution is 5.78. The summed E-state index contributed by atoms with van der Waals surface area (Å²) in [5, 5.41) is 0. The van der Waals surface area contributed by atoms with Crippen LogP contribution in [0.1, 0.15) is 31.4 Å². The second kappa shape index (κ2) is 10.3. The fourth-order valence-corrected chi connectivity index (χ4v) is 3.39. The van der Waals surface area contributed by atoms with E-state index in [0.717, 1.165) is 37.5 Å². The summed E-state index contributed by atoms with van der Waals surface area (Å²) < 4.78 is 5.77. The van der Waals surface area contributed by atoms with Gasteiger partial charge < -0.3 is 14.5 Å². The molecule has 1 aliphatic heterocycles. The molecule has 2 rings (SSSR count). The number of likely N-dealkylation sites (N-methyl/N-ethyl adjacent to an activating group) is 1. The van der Waals surface area contributed by atoms with Gasteiger partial charge in [0.15, 0.2) is 0 Å². The van der Waals surface area contributed by atoms with E-state index in [0.29, 0.717) is 32.7 Å². The molecular formula is C21H33N3O3. The largest absolute Gasteiger partial charge is 0.493 e. The van der Waals surface area contributed by atoms with E-state index in [1.54, 1.807) is 0 Å². The Balaban J connectivity index is 1.71. The summed E-state index contributed by atoms with van der Waals surface area (Å²) >= 11 is 0. The van der Waals surface area contributed by atoms with Crippen molar-refractivity contribution in [1.82, 2.24) is 14.7 Å². The minimum absolute atomic E-state index is 0.120. The standard InChI is InChI=1S/C21H33N3O3/c1-5-23(6-2)21(26)16-22-10-12-24(13-11-22)20(25)9-14-27-19-8-7-17(3)15-18(19)4/h7-8,15H,5-6,9-14,16H2,1-4H3. The summed E-state index contributed by atoms with van der Waals surface area (Å²) in [4.78, 5) is 30.5. The van der Waals surface area contributed by atoms with Gasteiger partial charge in [-0.25, -0.2) is 0 Å². The lowest BCUT2D eigenvalue weighted by atomic mass is 10.1. The van der Waals surface area contributed by atoms with Gasteiger partial charge >= 0.3 is 0 Å². The number of hydrogen-bond acceptors (Lipinski definition) is 4. The molecule has 0 spiro atoms. The van der Waals surface area contributed by atoms with Crippen molar-refractivity contribution >= 4 is 11.8 Å². The Labute approximate surface area is 163 Å². The van der Waals surface area contributed by atoms with Crippen LogP contribution >= 0.6 is 0 Å². The number of nitrogens with zero attached hydrogens (tertiary/aromatic N) is 3. The number of ether oxygens (including phenoxy) is 1. The summed E-state index contributed by atoms with van der Waals surface area (Å²) in [6, 6.07) is 6.06. The monoisotopic (exact) mass is 375 g/mol. The van der Waals surface area contributed by atoms with E-state index in [4.69, 9.17) is 4.74 Å². The van der Waals surface area contributed by atoms with E-state index in [-0.39, 0.29) is 11.8 Å². The molecule has 1 saturated heterocycles. The van der Waals surface area contributed by atoms with Gasteiger partial charge in [-0.2, -0.15) is 0 Å². The summed E-state index contributed by atoms with van der Waals surface area (Å²) in [5.41, 5.74) is 2.29. The lowest BCUT2D eigenvalue weighted by molar-refractivity contribution is -0.135. The van der Waals surface area contributed by atoms with Gasteiger partial charge in [-0.1, -0.05) is 17.7 Å². The van der Waals surface area contributed by atoms with Crippen molar-refractivity contribution in [1.29, 1.82) is 0 Å². The van der Waals surface area contributed by atoms with Gasteiger partial charge in [-0.15, -0.1) is 0 Å². The predicted molar refractivity (Wildman–Crippen MR) is 107 cm³/mol. The van der Waals surface area contributed by atoms with Crippen molar-refractivity contribution in [2.24, 2.45) is 0 Å². The van der Waals surface area contributed by atoms with E-state index in [1.807, 2.05) is 42.7 Å². The topological polar surface area (TPSA) is 53.1 Å². The maximum Gasteiger partial charge on any atom is 0.236 e. The van der Waals surface area contributed by atoms with Crippen LogP contribution < -0.4 is 4.74 Å². The van der Waals surface area contributed by atoms with Crippen molar-refractivity contribution in [2.45, 2.75) is 34.1 Å². The van der Waals surface area contributed by atoms with E-state index in [9.17, 15) is 9.59 Å². The normalized spacial score (nSPS) is 14.9. The Bertz CT molecular complexity index is 636.